The number of hydrogen-bond acceptors (Lipinski definition) is 6. The second kappa shape index (κ2) is 7.79. The van der Waals surface area contributed by atoms with Crippen molar-refractivity contribution in [3.05, 3.63) is 53.1 Å². The first-order chi connectivity index (χ1) is 15.7. The van der Waals surface area contributed by atoms with Crippen LogP contribution in [0.15, 0.2) is 35.5 Å². The molecule has 2 aromatic rings. The monoisotopic (exact) mass is 498 g/mol. The number of fused-ring (bicyclic) bond motifs is 1. The molecule has 182 valence electrons. The van der Waals surface area contributed by atoms with Gasteiger partial charge in [0.25, 0.3) is 0 Å². The number of nitrogens with zero attached hydrogens (tertiary/aromatic N) is 2. The van der Waals surface area contributed by atoms with Gasteiger partial charge >= 0.3 is 5.25 Å². The Morgan fingerprint density at radius 1 is 1.09 bits per heavy atom. The Labute approximate surface area is 194 Å². The van der Waals surface area contributed by atoms with Crippen molar-refractivity contribution in [3.63, 3.8) is 0 Å². The molecule has 11 heteroatoms. The van der Waals surface area contributed by atoms with E-state index in [9.17, 15) is 17.2 Å². The maximum atomic E-state index is 15.4. The summed E-state index contributed by atoms with van der Waals surface area (Å²) in [6, 6.07) is 4.33. The summed E-state index contributed by atoms with van der Waals surface area (Å²) in [5, 5.41) is -4.43. The number of pyridine rings is 1. The second-order valence-electron chi connectivity index (χ2n) is 8.74. The number of benzene rings is 1. The van der Waals surface area contributed by atoms with Crippen molar-refractivity contribution in [1.29, 1.82) is 0 Å². The molecule has 0 unspecified atom stereocenters. The van der Waals surface area contributed by atoms with Crippen molar-refractivity contribution in [2.75, 3.05) is 13.2 Å². The summed E-state index contributed by atoms with van der Waals surface area (Å²) in [7, 11) is -5.10. The third-order valence-electron chi connectivity index (χ3n) is 6.32. The number of sulfone groups is 1. The lowest BCUT2D eigenvalue weighted by Crippen LogP contribution is -2.61. The molecule has 0 N–H and O–H groups in total. The van der Waals surface area contributed by atoms with Crippen LogP contribution in [0.1, 0.15) is 44.5 Å². The molecule has 1 atom stereocenters. The van der Waals surface area contributed by atoms with Crippen LogP contribution in [0.25, 0.3) is 11.9 Å². The number of rotatable bonds is 3. The Bertz CT molecular complexity index is 1340. The molecule has 0 aliphatic carbocycles. The third kappa shape index (κ3) is 3.40. The lowest BCUT2D eigenvalue weighted by atomic mass is 9.89. The first kappa shape index (κ1) is 24.2. The predicted molar refractivity (Wildman–Crippen MR) is 119 cm³/mol. The van der Waals surface area contributed by atoms with Crippen molar-refractivity contribution >= 4 is 27.5 Å². The van der Waals surface area contributed by atoms with E-state index in [-0.39, 0.29) is 23.6 Å². The van der Waals surface area contributed by atoms with Gasteiger partial charge in [-0.15, -0.1) is 0 Å². The molecule has 0 saturated carbocycles. The zero-order valence-electron chi connectivity index (χ0n) is 18.8. The molecule has 2 aliphatic heterocycles. The number of aliphatic imine (C=N–C) groups is 1. The Morgan fingerprint density at radius 3 is 2.41 bits per heavy atom. The average molecular weight is 498 g/mol. The maximum absolute atomic E-state index is 15.4. The van der Waals surface area contributed by atoms with Gasteiger partial charge < -0.3 is 9.47 Å². The Kier molecular flexibility index (Phi) is 5.54. The molecule has 0 saturated heterocycles. The average Bonchev–Trinajstić information content (AvgIpc) is 2.78. The third-order valence-corrected chi connectivity index (χ3v) is 9.03. The maximum Gasteiger partial charge on any atom is 0.374 e. The molecule has 3 heterocycles. The molecular weight excluding hydrogens is 476 g/mol. The standard InChI is InChI=1S/C23H22F4N2O4S/c1-13-21(2,3)34(30,31)23(26,27)22(4,29-13)15-9-14(5-6-16(15)24)10-17(25)18-11-19-20(12-28-18)33-8-7-32-19/h5-6,9-12H,7-8H2,1-4H3/b17-10-/t22-/m1/s1. The summed E-state index contributed by atoms with van der Waals surface area (Å²) < 4.78 is 94.9. The Balaban J connectivity index is 1.81. The highest BCUT2D eigenvalue weighted by molar-refractivity contribution is 7.94. The molecule has 1 aromatic heterocycles. The van der Waals surface area contributed by atoms with Gasteiger partial charge in [0.15, 0.2) is 17.0 Å². The summed E-state index contributed by atoms with van der Waals surface area (Å²) in [5.41, 5.74) is -3.62. The first-order valence-electron chi connectivity index (χ1n) is 10.3. The second-order valence-corrected chi connectivity index (χ2v) is 11.3. The number of halogens is 4. The fraction of sp³-hybridized carbons (Fsp3) is 0.391. The predicted octanol–water partition coefficient (Wildman–Crippen LogP) is 4.94. The van der Waals surface area contributed by atoms with Crippen LogP contribution in [0.4, 0.5) is 17.6 Å². The van der Waals surface area contributed by atoms with Crippen LogP contribution >= 0.6 is 0 Å². The quantitative estimate of drug-likeness (QED) is 0.561. The summed E-state index contributed by atoms with van der Waals surface area (Å²) >= 11 is 0. The smallest absolute Gasteiger partial charge is 0.374 e. The van der Waals surface area contributed by atoms with Gasteiger partial charge in [0.2, 0.25) is 9.84 Å². The van der Waals surface area contributed by atoms with Crippen LogP contribution in [0.5, 0.6) is 11.5 Å². The fourth-order valence-corrected chi connectivity index (χ4v) is 5.59. The van der Waals surface area contributed by atoms with Gasteiger partial charge in [-0.3, -0.25) is 4.99 Å². The Morgan fingerprint density at radius 2 is 1.74 bits per heavy atom. The molecule has 0 radical (unpaired) electrons. The van der Waals surface area contributed by atoms with E-state index in [1.807, 2.05) is 0 Å². The van der Waals surface area contributed by atoms with Crippen molar-refractivity contribution < 1.29 is 35.5 Å². The molecular formula is C23H22F4N2O4S. The fourth-order valence-electron chi connectivity index (χ4n) is 3.83. The van der Waals surface area contributed by atoms with Gasteiger partial charge in [-0.1, -0.05) is 6.07 Å². The highest BCUT2D eigenvalue weighted by Gasteiger charge is 2.69. The lowest BCUT2D eigenvalue weighted by Gasteiger charge is -2.44. The number of ether oxygens (including phenoxy) is 2. The highest BCUT2D eigenvalue weighted by atomic mass is 32.2. The summed E-state index contributed by atoms with van der Waals surface area (Å²) in [5.74, 6) is -1.28. The molecule has 0 spiro atoms. The molecule has 1 aromatic carbocycles. The normalized spacial score (nSPS) is 24.9. The first-order valence-corrected chi connectivity index (χ1v) is 11.8. The number of alkyl halides is 2. The zero-order valence-corrected chi connectivity index (χ0v) is 19.6. The summed E-state index contributed by atoms with van der Waals surface area (Å²) in [6.45, 7) is 5.03. The van der Waals surface area contributed by atoms with E-state index in [0.717, 1.165) is 39.0 Å². The van der Waals surface area contributed by atoms with Crippen molar-refractivity contribution in [3.8, 4) is 11.5 Å². The van der Waals surface area contributed by atoms with E-state index >= 15 is 8.78 Å². The van der Waals surface area contributed by atoms with Crippen LogP contribution in [0.2, 0.25) is 0 Å². The van der Waals surface area contributed by atoms with E-state index in [4.69, 9.17) is 9.47 Å². The topological polar surface area (TPSA) is 77.9 Å². The van der Waals surface area contributed by atoms with Crippen LogP contribution in [-0.4, -0.2) is 42.3 Å². The van der Waals surface area contributed by atoms with Crippen LogP contribution in [0.3, 0.4) is 0 Å². The van der Waals surface area contributed by atoms with Gasteiger partial charge in [0, 0.05) is 17.3 Å². The van der Waals surface area contributed by atoms with Crippen LogP contribution in [0, 0.1) is 5.82 Å². The van der Waals surface area contributed by atoms with Gasteiger partial charge in [0.05, 0.1) is 6.20 Å². The minimum Gasteiger partial charge on any atom is -0.486 e. The molecule has 2 aliphatic rings. The van der Waals surface area contributed by atoms with Gasteiger partial charge in [-0.2, -0.15) is 8.78 Å². The minimum absolute atomic E-state index is 0.0118. The van der Waals surface area contributed by atoms with E-state index < -0.39 is 42.6 Å². The van der Waals surface area contributed by atoms with Gasteiger partial charge in [-0.05, 0) is 51.5 Å². The summed E-state index contributed by atoms with van der Waals surface area (Å²) in [6.07, 6.45) is 2.27. The van der Waals surface area contributed by atoms with E-state index in [0.29, 0.717) is 18.1 Å². The van der Waals surface area contributed by atoms with Crippen molar-refractivity contribution in [2.24, 2.45) is 4.99 Å². The minimum atomic E-state index is -5.10. The molecule has 0 fully saturated rings. The number of aromatic nitrogens is 1. The van der Waals surface area contributed by atoms with Crippen molar-refractivity contribution in [1.82, 2.24) is 4.98 Å². The van der Waals surface area contributed by atoms with Crippen LogP contribution in [-0.2, 0) is 15.4 Å². The van der Waals surface area contributed by atoms with E-state index in [1.54, 1.807) is 0 Å². The Hall–Kier alpha value is -2.95. The van der Waals surface area contributed by atoms with Crippen LogP contribution < -0.4 is 9.47 Å². The SMILES string of the molecule is CC1=N[C@](C)(c2cc(/C=C(\F)c3cc4c(cn3)OCCO4)ccc2F)C(F)(F)S(=O)(=O)C1(C)C. The molecule has 4 rings (SSSR count). The molecule has 34 heavy (non-hydrogen) atoms. The largest absolute Gasteiger partial charge is 0.486 e. The lowest BCUT2D eigenvalue weighted by molar-refractivity contribution is 0.00761. The highest BCUT2D eigenvalue weighted by Crippen LogP contribution is 2.52. The van der Waals surface area contributed by atoms with E-state index in [2.05, 4.69) is 9.98 Å². The molecule has 0 bridgehead atoms. The summed E-state index contributed by atoms with van der Waals surface area (Å²) in [4.78, 5) is 7.92. The van der Waals surface area contributed by atoms with Gasteiger partial charge in [0.1, 0.15) is 35.3 Å². The van der Waals surface area contributed by atoms with Crippen molar-refractivity contribution in [2.45, 2.75) is 43.2 Å². The number of hydrogen-bond donors (Lipinski definition) is 0. The molecule has 0 amide bonds. The van der Waals surface area contributed by atoms with Gasteiger partial charge in [-0.25, -0.2) is 22.2 Å². The van der Waals surface area contributed by atoms with E-state index in [1.165, 1.54) is 25.3 Å². The zero-order chi connectivity index (χ0) is 25.1. The molecule has 6 nitrogen and oxygen atoms in total.